The maximum atomic E-state index is 12.9. The van der Waals surface area contributed by atoms with Crippen LogP contribution in [0.15, 0.2) is 41.3 Å². The number of thiazole rings is 1. The number of fused-ring (bicyclic) bond motifs is 1. The Balaban J connectivity index is 1.85. The van der Waals surface area contributed by atoms with E-state index in [4.69, 9.17) is 21.4 Å². The van der Waals surface area contributed by atoms with Crippen molar-refractivity contribution >= 4 is 54.8 Å². The normalized spacial score (nSPS) is 12.2. The van der Waals surface area contributed by atoms with Gasteiger partial charge in [-0.25, -0.2) is 18.2 Å². The van der Waals surface area contributed by atoms with Crippen LogP contribution < -0.4 is 4.72 Å². The van der Waals surface area contributed by atoms with Crippen LogP contribution in [0.1, 0.15) is 17.5 Å². The number of carbonyl (C=O) groups is 1. The van der Waals surface area contributed by atoms with Crippen LogP contribution in [0.3, 0.4) is 0 Å². The van der Waals surface area contributed by atoms with Gasteiger partial charge in [-0.15, -0.1) is 11.3 Å². The number of hydrogen-bond donors (Lipinski definition) is 2. The van der Waals surface area contributed by atoms with Gasteiger partial charge >= 0.3 is 5.97 Å². The molecule has 0 saturated heterocycles. The molecule has 0 aliphatic carbocycles. The number of rotatable bonds is 6. The van der Waals surface area contributed by atoms with Crippen LogP contribution in [0.5, 0.6) is 0 Å². The number of hydrogen-bond acceptors (Lipinski definition) is 6. The first-order chi connectivity index (χ1) is 14.2. The minimum atomic E-state index is -3.88. The van der Waals surface area contributed by atoms with Crippen molar-refractivity contribution in [2.75, 3.05) is 11.3 Å². The van der Waals surface area contributed by atoms with Gasteiger partial charge in [0.2, 0.25) is 0 Å². The van der Waals surface area contributed by atoms with Gasteiger partial charge in [0.1, 0.15) is 6.61 Å². The van der Waals surface area contributed by atoms with E-state index in [-0.39, 0.29) is 17.2 Å². The summed E-state index contributed by atoms with van der Waals surface area (Å²) in [6.07, 6.45) is -0.998. The molecule has 0 radical (unpaired) electrons. The number of sulfonamides is 1. The highest BCUT2D eigenvalue weighted by Crippen LogP contribution is 2.27. The molecular formula is C20H17ClN2O5S2. The Kier molecular flexibility index (Phi) is 6.63. The number of carboxylic acids is 1. The van der Waals surface area contributed by atoms with E-state index in [1.807, 2.05) is 6.92 Å². The molecule has 2 N–H and O–H groups in total. The predicted molar refractivity (Wildman–Crippen MR) is 117 cm³/mol. The lowest BCUT2D eigenvalue weighted by molar-refractivity contribution is -0.148. The third-order valence-electron chi connectivity index (χ3n) is 3.98. The number of carboxylic acid groups (broad SMARTS) is 1. The van der Waals surface area contributed by atoms with Crippen LogP contribution in [-0.4, -0.2) is 37.2 Å². The molecule has 0 saturated carbocycles. The number of aromatic nitrogens is 1. The van der Waals surface area contributed by atoms with E-state index in [0.717, 1.165) is 15.2 Å². The van der Waals surface area contributed by atoms with Gasteiger partial charge in [0.05, 0.1) is 31.4 Å². The third kappa shape index (κ3) is 5.29. The number of anilines is 1. The summed E-state index contributed by atoms with van der Waals surface area (Å²) in [6, 6.07) is 9.31. The Labute approximate surface area is 182 Å². The lowest BCUT2D eigenvalue weighted by Gasteiger charge is -2.10. The van der Waals surface area contributed by atoms with Gasteiger partial charge in [0, 0.05) is 5.02 Å². The molecule has 0 aliphatic rings. The van der Waals surface area contributed by atoms with E-state index in [1.165, 1.54) is 36.5 Å². The van der Waals surface area contributed by atoms with Crippen molar-refractivity contribution in [2.45, 2.75) is 24.8 Å². The minimum absolute atomic E-state index is 0.103. The van der Waals surface area contributed by atoms with Crippen LogP contribution in [0.4, 0.5) is 5.69 Å². The fourth-order valence-corrected chi connectivity index (χ4v) is 4.69. The molecule has 0 aliphatic heterocycles. The Hall–Kier alpha value is -2.64. The van der Waals surface area contributed by atoms with Crippen LogP contribution in [-0.2, 0) is 19.6 Å². The van der Waals surface area contributed by atoms with Gasteiger partial charge < -0.3 is 9.84 Å². The van der Waals surface area contributed by atoms with Gasteiger partial charge in [0.25, 0.3) is 10.0 Å². The first-order valence-electron chi connectivity index (χ1n) is 8.68. The second-order valence-corrected chi connectivity index (χ2v) is 9.60. The molecule has 0 amide bonds. The second-order valence-electron chi connectivity index (χ2n) is 6.25. The molecule has 0 fully saturated rings. The maximum absolute atomic E-state index is 12.9. The molecule has 0 spiro atoms. The smallest absolute Gasteiger partial charge is 0.332 e. The van der Waals surface area contributed by atoms with E-state index in [9.17, 15) is 13.2 Å². The summed E-state index contributed by atoms with van der Waals surface area (Å²) in [6.45, 7) is 3.12. The number of aryl methyl sites for hydroxylation is 1. The van der Waals surface area contributed by atoms with Crippen LogP contribution >= 0.6 is 22.9 Å². The fraction of sp³-hybridized carbons (Fsp3) is 0.200. The van der Waals surface area contributed by atoms with Gasteiger partial charge in [-0.3, -0.25) is 4.72 Å². The predicted octanol–water partition coefficient (Wildman–Crippen LogP) is 3.90. The summed E-state index contributed by atoms with van der Waals surface area (Å²) < 4.78 is 34.1. The van der Waals surface area contributed by atoms with Gasteiger partial charge in [-0.2, -0.15) is 0 Å². The zero-order valence-corrected chi connectivity index (χ0v) is 18.4. The molecule has 30 heavy (non-hydrogen) atoms. The van der Waals surface area contributed by atoms with Crippen molar-refractivity contribution in [2.24, 2.45) is 0 Å². The number of ether oxygens (including phenoxy) is 1. The number of aliphatic carboxylic acids is 1. The Bertz CT molecular complexity index is 1280. The first kappa shape index (κ1) is 22.1. The van der Waals surface area contributed by atoms with Crippen molar-refractivity contribution in [1.29, 1.82) is 0 Å². The van der Waals surface area contributed by atoms with Crippen molar-refractivity contribution in [3.05, 3.63) is 52.0 Å². The van der Waals surface area contributed by atoms with E-state index in [0.29, 0.717) is 10.6 Å². The molecule has 2 aromatic carbocycles. The Morgan fingerprint density at radius 2 is 2.10 bits per heavy atom. The zero-order chi connectivity index (χ0) is 21.9. The third-order valence-corrected chi connectivity index (χ3v) is 6.51. The van der Waals surface area contributed by atoms with Gasteiger partial charge in [-0.05, 0) is 50.2 Å². The quantitative estimate of drug-likeness (QED) is 0.536. The summed E-state index contributed by atoms with van der Waals surface area (Å²) in [5.41, 5.74) is 1.33. The summed E-state index contributed by atoms with van der Waals surface area (Å²) in [4.78, 5) is 15.2. The Morgan fingerprint density at radius 1 is 1.33 bits per heavy atom. The molecular weight excluding hydrogens is 448 g/mol. The number of halogens is 1. The first-order valence-corrected chi connectivity index (χ1v) is 11.4. The molecule has 156 valence electrons. The molecule has 0 bridgehead atoms. The van der Waals surface area contributed by atoms with Crippen LogP contribution in [0.2, 0.25) is 5.02 Å². The molecule has 3 aromatic rings. The van der Waals surface area contributed by atoms with Crippen LogP contribution in [0, 0.1) is 18.8 Å². The summed E-state index contributed by atoms with van der Waals surface area (Å²) in [7, 11) is -3.88. The number of nitrogens with zero attached hydrogens (tertiary/aromatic N) is 1. The number of nitrogens with one attached hydrogen (secondary N) is 1. The van der Waals surface area contributed by atoms with Crippen LogP contribution in [0.25, 0.3) is 10.2 Å². The fourth-order valence-electron chi connectivity index (χ4n) is 2.47. The molecule has 1 unspecified atom stereocenters. The van der Waals surface area contributed by atoms with Crippen molar-refractivity contribution in [3.63, 3.8) is 0 Å². The number of benzene rings is 2. The molecule has 7 nitrogen and oxygen atoms in total. The largest absolute Gasteiger partial charge is 0.479 e. The lowest BCUT2D eigenvalue weighted by Crippen LogP contribution is -2.19. The summed E-state index contributed by atoms with van der Waals surface area (Å²) >= 11 is 7.43. The second kappa shape index (κ2) is 9.02. The molecule has 10 heteroatoms. The highest BCUT2D eigenvalue weighted by atomic mass is 35.5. The highest BCUT2D eigenvalue weighted by molar-refractivity contribution is 7.92. The molecule has 1 aromatic heterocycles. The zero-order valence-electron chi connectivity index (χ0n) is 16.0. The topological polar surface area (TPSA) is 106 Å². The molecule has 3 rings (SSSR count). The average molecular weight is 465 g/mol. The van der Waals surface area contributed by atoms with E-state index >= 15 is 0 Å². The maximum Gasteiger partial charge on any atom is 0.332 e. The summed E-state index contributed by atoms with van der Waals surface area (Å²) in [5, 5.41) is 10.0. The van der Waals surface area contributed by atoms with E-state index < -0.39 is 22.1 Å². The minimum Gasteiger partial charge on any atom is -0.479 e. The van der Waals surface area contributed by atoms with Crippen molar-refractivity contribution < 1.29 is 23.1 Å². The highest BCUT2D eigenvalue weighted by Gasteiger charge is 2.17. The van der Waals surface area contributed by atoms with Crippen molar-refractivity contribution in [3.8, 4) is 11.8 Å². The SMILES string of the molecule is Cc1nc2ccc(S(=O)(=O)Nc3ccc(Cl)cc3C#CCOC(C)C(=O)O)cc2s1. The van der Waals surface area contributed by atoms with E-state index in [1.54, 1.807) is 18.2 Å². The molecule has 1 atom stereocenters. The van der Waals surface area contributed by atoms with Crippen molar-refractivity contribution in [1.82, 2.24) is 4.98 Å². The lowest BCUT2D eigenvalue weighted by atomic mass is 10.2. The monoisotopic (exact) mass is 464 g/mol. The van der Waals surface area contributed by atoms with Gasteiger partial charge in [-0.1, -0.05) is 23.4 Å². The summed E-state index contributed by atoms with van der Waals surface area (Å²) in [5.74, 6) is 4.34. The molecule has 1 heterocycles. The van der Waals surface area contributed by atoms with Gasteiger partial charge in [0.15, 0.2) is 6.10 Å². The van der Waals surface area contributed by atoms with E-state index in [2.05, 4.69) is 21.5 Å². The Morgan fingerprint density at radius 3 is 2.83 bits per heavy atom. The average Bonchev–Trinajstić information content (AvgIpc) is 3.05. The standard InChI is InChI=1S/C20H17ClN2O5S2/c1-12(20(24)25)28-9-3-4-14-10-15(21)5-7-17(14)23-30(26,27)16-6-8-18-19(11-16)29-13(2)22-18/h5-8,10-12,23H,9H2,1-2H3,(H,24,25).